The quantitative estimate of drug-likeness (QED) is 0.157. The normalized spacial score (nSPS) is 13.3. The molecule has 0 amide bonds. The van der Waals surface area contributed by atoms with Gasteiger partial charge >= 0.3 is 0 Å². The minimum Gasteiger partial charge on any atom is -0.311 e. The molecule has 0 N–H and O–H groups in total. The average Bonchev–Trinajstić information content (AvgIpc) is 3.52. The van der Waals surface area contributed by atoms with Crippen LogP contribution in [0.2, 0.25) is 0 Å². The molecule has 0 radical (unpaired) electrons. The molecule has 0 fully saturated rings. The van der Waals surface area contributed by atoms with Gasteiger partial charge in [-0.15, -0.1) is 0 Å². The van der Waals surface area contributed by atoms with Gasteiger partial charge in [0.05, 0.1) is 0 Å². The maximum atomic E-state index is 2.45. The predicted molar refractivity (Wildman–Crippen MR) is 232 cm³/mol. The second-order valence-corrected chi connectivity index (χ2v) is 15.0. The van der Waals surface area contributed by atoms with E-state index in [1.54, 1.807) is 0 Å². The topological polar surface area (TPSA) is 3.24 Å². The highest BCUT2D eigenvalue weighted by molar-refractivity contribution is 6.17. The summed E-state index contributed by atoms with van der Waals surface area (Å²) in [6, 6.07) is 70.8. The Morgan fingerprint density at radius 1 is 0.352 bits per heavy atom. The summed E-state index contributed by atoms with van der Waals surface area (Å²) in [4.78, 5) is 2.37. The Balaban J connectivity index is 1.05. The van der Waals surface area contributed by atoms with Gasteiger partial charge in [-0.2, -0.15) is 0 Å². The number of fused-ring (bicyclic) bond motifs is 7. The molecule has 1 aliphatic carbocycles. The Labute approximate surface area is 317 Å². The first-order valence-corrected chi connectivity index (χ1v) is 18.8. The van der Waals surface area contributed by atoms with Gasteiger partial charge in [0, 0.05) is 22.5 Å². The van der Waals surface area contributed by atoms with Gasteiger partial charge < -0.3 is 4.90 Å². The van der Waals surface area contributed by atoms with Crippen LogP contribution in [-0.2, 0) is 5.41 Å². The third-order valence-electron chi connectivity index (χ3n) is 11.4. The molecule has 1 nitrogen and oxygen atoms in total. The molecule has 0 unspecified atom stereocenters. The van der Waals surface area contributed by atoms with Crippen molar-refractivity contribution in [2.75, 3.05) is 4.90 Å². The largest absolute Gasteiger partial charge is 0.311 e. The highest BCUT2D eigenvalue weighted by Crippen LogP contribution is 2.52. The maximum Gasteiger partial charge on any atom is 0.0462 e. The van der Waals surface area contributed by atoms with Crippen molar-refractivity contribution in [3.8, 4) is 22.3 Å². The van der Waals surface area contributed by atoms with Gasteiger partial charge in [-0.3, -0.25) is 0 Å². The van der Waals surface area contributed by atoms with Gasteiger partial charge in [0.2, 0.25) is 0 Å². The van der Waals surface area contributed by atoms with Crippen LogP contribution in [-0.4, -0.2) is 0 Å². The number of anilines is 3. The fourth-order valence-electron chi connectivity index (χ4n) is 8.74. The fourth-order valence-corrected chi connectivity index (χ4v) is 8.74. The predicted octanol–water partition coefficient (Wildman–Crippen LogP) is 14.8. The number of hydrogen-bond acceptors (Lipinski definition) is 1. The second-order valence-electron chi connectivity index (χ2n) is 15.0. The summed E-state index contributed by atoms with van der Waals surface area (Å²) in [6.45, 7) is 4.77. The first-order chi connectivity index (χ1) is 26.5. The molecule has 0 heterocycles. The molecule has 54 heavy (non-hydrogen) atoms. The lowest BCUT2D eigenvalue weighted by Crippen LogP contribution is -2.17. The molecular formula is C53H39N. The summed E-state index contributed by atoms with van der Waals surface area (Å²) < 4.78 is 0. The lowest BCUT2D eigenvalue weighted by atomic mass is 9.76. The zero-order valence-electron chi connectivity index (χ0n) is 30.5. The highest BCUT2D eigenvalue weighted by atomic mass is 15.1. The van der Waals surface area contributed by atoms with E-state index in [4.69, 9.17) is 0 Å². The van der Waals surface area contributed by atoms with Crippen LogP contribution in [0.1, 0.15) is 30.5 Å². The SMILES string of the molecule is CC1(C)C(c2ccc(N(c3ccc(-c4ccccc4)cc3)c3ccc(-c4ccc5ccccc5c4)cc3)cc2)=Cc2c1c1ccccc1c1ccccc21. The minimum atomic E-state index is -0.161. The van der Waals surface area contributed by atoms with Gasteiger partial charge in [-0.1, -0.05) is 166 Å². The zero-order chi connectivity index (χ0) is 36.2. The van der Waals surface area contributed by atoms with E-state index in [-0.39, 0.29) is 5.41 Å². The van der Waals surface area contributed by atoms with Crippen molar-refractivity contribution in [1.82, 2.24) is 0 Å². The zero-order valence-corrected chi connectivity index (χ0v) is 30.5. The van der Waals surface area contributed by atoms with Gasteiger partial charge in [0.15, 0.2) is 0 Å². The van der Waals surface area contributed by atoms with E-state index in [1.165, 1.54) is 76.8 Å². The fraction of sp³-hybridized carbons (Fsp3) is 0.0566. The third kappa shape index (κ3) is 5.32. The van der Waals surface area contributed by atoms with Gasteiger partial charge in [-0.05, 0) is 125 Å². The Morgan fingerprint density at radius 3 is 1.43 bits per heavy atom. The van der Waals surface area contributed by atoms with Crippen molar-refractivity contribution in [3.05, 3.63) is 211 Å². The summed E-state index contributed by atoms with van der Waals surface area (Å²) in [5.41, 5.74) is 13.4. The molecule has 0 aromatic heterocycles. The monoisotopic (exact) mass is 689 g/mol. The van der Waals surface area contributed by atoms with Gasteiger partial charge in [0.25, 0.3) is 0 Å². The summed E-state index contributed by atoms with van der Waals surface area (Å²) >= 11 is 0. The van der Waals surface area contributed by atoms with Gasteiger partial charge in [-0.25, -0.2) is 0 Å². The van der Waals surface area contributed by atoms with E-state index in [9.17, 15) is 0 Å². The summed E-state index contributed by atoms with van der Waals surface area (Å²) in [5, 5.41) is 7.82. The second kappa shape index (κ2) is 12.8. The van der Waals surface area contributed by atoms with E-state index < -0.39 is 0 Å². The number of nitrogens with zero attached hydrogens (tertiary/aromatic N) is 1. The molecule has 0 saturated carbocycles. The van der Waals surface area contributed by atoms with E-state index in [0.29, 0.717) is 0 Å². The van der Waals surface area contributed by atoms with Crippen molar-refractivity contribution < 1.29 is 0 Å². The van der Waals surface area contributed by atoms with Crippen molar-refractivity contribution in [2.45, 2.75) is 19.3 Å². The molecule has 0 atom stereocenters. The maximum absolute atomic E-state index is 2.45. The molecule has 10 rings (SSSR count). The molecular weight excluding hydrogens is 651 g/mol. The molecule has 0 spiro atoms. The minimum absolute atomic E-state index is 0.161. The molecule has 1 aliphatic rings. The van der Waals surface area contributed by atoms with Crippen molar-refractivity contribution in [2.24, 2.45) is 0 Å². The molecule has 1 heteroatoms. The van der Waals surface area contributed by atoms with Crippen LogP contribution >= 0.6 is 0 Å². The molecule has 256 valence electrons. The average molecular weight is 690 g/mol. The van der Waals surface area contributed by atoms with Crippen molar-refractivity contribution >= 4 is 61.0 Å². The lowest BCUT2D eigenvalue weighted by molar-refractivity contribution is 0.711. The summed E-state index contributed by atoms with van der Waals surface area (Å²) in [5.74, 6) is 0. The first-order valence-electron chi connectivity index (χ1n) is 18.8. The van der Waals surface area contributed by atoms with Crippen molar-refractivity contribution in [1.29, 1.82) is 0 Å². The van der Waals surface area contributed by atoms with Crippen LogP contribution in [0, 0.1) is 0 Å². The van der Waals surface area contributed by atoms with Crippen molar-refractivity contribution in [3.63, 3.8) is 0 Å². The molecule has 0 aliphatic heterocycles. The smallest absolute Gasteiger partial charge is 0.0462 e. The summed E-state index contributed by atoms with van der Waals surface area (Å²) in [6.07, 6.45) is 2.45. The third-order valence-corrected chi connectivity index (χ3v) is 11.4. The molecule has 0 bridgehead atoms. The Bertz CT molecular complexity index is 2860. The summed E-state index contributed by atoms with van der Waals surface area (Å²) in [7, 11) is 0. The Kier molecular flexibility index (Phi) is 7.56. The van der Waals surface area contributed by atoms with Crippen LogP contribution in [0.3, 0.4) is 0 Å². The van der Waals surface area contributed by atoms with Gasteiger partial charge in [0.1, 0.15) is 0 Å². The van der Waals surface area contributed by atoms with E-state index >= 15 is 0 Å². The van der Waals surface area contributed by atoms with Crippen LogP contribution in [0.4, 0.5) is 17.1 Å². The first kappa shape index (κ1) is 32.0. The Morgan fingerprint density at radius 2 is 0.796 bits per heavy atom. The molecule has 9 aromatic carbocycles. The number of hydrogen-bond donors (Lipinski definition) is 0. The molecule has 0 saturated heterocycles. The standard InChI is InChI=1S/C53H39N/c1-53(2)51(35-50-48-18-9-8-16-46(48)47-17-10-11-19-49(47)52(50)53)40-26-32-45(33-27-40)54(43-28-22-38(23-29-43)36-12-4-3-5-13-36)44-30-24-39(25-31-44)42-21-20-37-14-6-7-15-41(37)34-42/h3-35H,1-2H3. The van der Waals surface area contributed by atoms with Crippen LogP contribution in [0.5, 0.6) is 0 Å². The highest BCUT2D eigenvalue weighted by Gasteiger charge is 2.36. The van der Waals surface area contributed by atoms with E-state index in [0.717, 1.165) is 17.1 Å². The van der Waals surface area contributed by atoms with Crippen LogP contribution in [0.15, 0.2) is 194 Å². The molecule has 9 aromatic rings. The number of rotatable bonds is 6. The number of benzene rings is 9. The van der Waals surface area contributed by atoms with Crippen LogP contribution < -0.4 is 4.90 Å². The number of allylic oxidation sites excluding steroid dienone is 1. The lowest BCUT2D eigenvalue weighted by Gasteiger charge is -2.28. The van der Waals surface area contributed by atoms with E-state index in [2.05, 4.69) is 219 Å². The van der Waals surface area contributed by atoms with E-state index in [1.807, 2.05) is 0 Å². The van der Waals surface area contributed by atoms with Crippen LogP contribution in [0.25, 0.3) is 66.2 Å². The Hall–Kier alpha value is -6.70.